The van der Waals surface area contributed by atoms with Gasteiger partial charge in [-0.05, 0) is 86.1 Å². The molecule has 0 N–H and O–H groups in total. The summed E-state index contributed by atoms with van der Waals surface area (Å²) >= 11 is 6.71. The fourth-order valence-corrected chi connectivity index (χ4v) is 16.0. The maximum absolute atomic E-state index is 6.66. The molecular weight excluding hydrogens is 1060 g/mol. The molecule has 0 saturated heterocycles. The minimum Gasteiger partial charge on any atom is -0.485 e. The molecule has 1 aliphatic rings. The Hall–Kier alpha value is -4.62. The molecule has 0 saturated carbocycles. The number of thiophene rings is 3. The van der Waals surface area contributed by atoms with Crippen LogP contribution in [-0.2, 0) is 12.8 Å². The zero-order valence-corrected chi connectivity index (χ0v) is 52.8. The van der Waals surface area contributed by atoms with Gasteiger partial charge >= 0.3 is 0 Å². The molecule has 0 unspecified atom stereocenters. The van der Waals surface area contributed by atoms with Crippen LogP contribution in [0.4, 0.5) is 11.4 Å². The minimum atomic E-state index is 0.482. The van der Waals surface area contributed by atoms with Gasteiger partial charge in [-0.1, -0.05) is 194 Å². The van der Waals surface area contributed by atoms with Crippen LogP contribution in [0.5, 0.6) is 11.5 Å². The molecule has 0 spiro atoms. The Bertz CT molecular complexity index is 3070. The van der Waals surface area contributed by atoms with E-state index in [1.165, 1.54) is 197 Å². The predicted octanol–water partition coefficient (Wildman–Crippen LogP) is 21.6. The highest BCUT2D eigenvalue weighted by atomic mass is 32.1. The van der Waals surface area contributed by atoms with Gasteiger partial charge in [0.25, 0.3) is 0 Å². The molecule has 0 fully saturated rings. The molecule has 0 atom stereocenters. The van der Waals surface area contributed by atoms with E-state index in [0.29, 0.717) is 13.2 Å². The lowest BCUT2D eigenvalue weighted by Crippen LogP contribution is -2.25. The van der Waals surface area contributed by atoms with Gasteiger partial charge in [0.2, 0.25) is 0 Å². The molecule has 12 heteroatoms. The molecule has 0 bridgehead atoms. The maximum Gasteiger partial charge on any atom is 0.180 e. The van der Waals surface area contributed by atoms with Gasteiger partial charge in [-0.25, -0.2) is 9.97 Å². The highest BCUT2D eigenvalue weighted by Gasteiger charge is 2.32. The van der Waals surface area contributed by atoms with Crippen LogP contribution in [0.15, 0.2) is 60.7 Å². The number of unbranched alkanes of at least 4 members (excludes halogenated alkanes) is 20. The zero-order chi connectivity index (χ0) is 55.5. The van der Waals surface area contributed by atoms with Crippen LogP contribution in [0, 0.1) is 0 Å². The van der Waals surface area contributed by atoms with Gasteiger partial charge in [-0.15, -0.1) is 34.0 Å². The second kappa shape index (κ2) is 31.2. The van der Waals surface area contributed by atoms with E-state index < -0.39 is 0 Å². The molecule has 8 aromatic rings. The number of aryl methyl sites for hydroxylation is 2. The maximum atomic E-state index is 6.66. The highest BCUT2D eigenvalue weighted by molar-refractivity contribution is 7.31. The van der Waals surface area contributed by atoms with Crippen molar-refractivity contribution in [2.24, 2.45) is 0 Å². The van der Waals surface area contributed by atoms with E-state index in [2.05, 4.69) is 112 Å². The summed E-state index contributed by atoms with van der Waals surface area (Å²) in [6.45, 7) is 19.1. The van der Waals surface area contributed by atoms with E-state index in [9.17, 15) is 0 Å². The van der Waals surface area contributed by atoms with Gasteiger partial charge in [0, 0.05) is 62.3 Å². The molecule has 3 aromatic carbocycles. The van der Waals surface area contributed by atoms with E-state index >= 15 is 0 Å². The van der Waals surface area contributed by atoms with Crippen molar-refractivity contribution in [1.29, 1.82) is 0 Å². The molecule has 430 valence electrons. The van der Waals surface area contributed by atoms with Gasteiger partial charge in [0.15, 0.2) is 11.5 Å². The number of hydrogen-bond acceptors (Lipinski definition) is 12. The summed E-state index contributed by atoms with van der Waals surface area (Å²) in [4.78, 5) is 20.9. The van der Waals surface area contributed by atoms with Crippen LogP contribution in [0.1, 0.15) is 207 Å². The number of aromatic nitrogens is 4. The lowest BCUT2D eigenvalue weighted by molar-refractivity contribution is 0.175. The summed E-state index contributed by atoms with van der Waals surface area (Å²) in [5, 5.41) is 0. The number of rotatable bonds is 36. The smallest absolute Gasteiger partial charge is 0.180 e. The third-order valence-electron chi connectivity index (χ3n) is 16.4. The number of nitrogens with zero attached hydrogens (tertiary/aromatic N) is 6. The summed E-state index contributed by atoms with van der Waals surface area (Å²) in [5.41, 5.74) is 12.6. The highest BCUT2D eigenvalue weighted by Crippen LogP contribution is 2.57. The fraction of sp³-hybridized carbons (Fsp3) is 0.559. The SMILES string of the molecule is CCCCCCCCN(CCCCCCCC)c1ccc(-c2cc3sc(-c4c5nsnc5c(-c5sc(-c6ccc(N(CCCCCCCC)CCCCCCCC)cc6)c6c5OCCO6)c5nc(CC)c(CC)nc45)cc3s2)cc1. The Morgan fingerprint density at radius 3 is 1.25 bits per heavy atom. The summed E-state index contributed by atoms with van der Waals surface area (Å²) in [6.07, 6.45) is 33.2. The Morgan fingerprint density at radius 1 is 0.400 bits per heavy atom. The number of benzene rings is 3. The van der Waals surface area contributed by atoms with Crippen molar-refractivity contribution >= 4 is 88.6 Å². The number of hydrogen-bond donors (Lipinski definition) is 0. The summed E-state index contributed by atoms with van der Waals surface area (Å²) in [5.74, 6) is 1.58. The van der Waals surface area contributed by atoms with Crippen molar-refractivity contribution in [2.75, 3.05) is 49.2 Å². The minimum absolute atomic E-state index is 0.482. The lowest BCUT2D eigenvalue weighted by Gasteiger charge is -2.25. The molecule has 1 aliphatic heterocycles. The normalized spacial score (nSPS) is 12.5. The van der Waals surface area contributed by atoms with Crippen molar-refractivity contribution in [3.8, 4) is 53.3 Å². The van der Waals surface area contributed by atoms with Gasteiger partial charge in [-0.3, -0.25) is 0 Å². The number of anilines is 2. The van der Waals surface area contributed by atoms with Gasteiger partial charge in [-0.2, -0.15) is 8.75 Å². The first kappa shape index (κ1) is 60.0. The lowest BCUT2D eigenvalue weighted by atomic mass is 10.0. The predicted molar refractivity (Wildman–Crippen MR) is 351 cm³/mol. The molecule has 0 aliphatic carbocycles. The number of fused-ring (bicyclic) bond motifs is 4. The Morgan fingerprint density at radius 2 is 0.787 bits per heavy atom. The van der Waals surface area contributed by atoms with Crippen LogP contribution < -0.4 is 19.3 Å². The number of ether oxygens (including phenoxy) is 2. The van der Waals surface area contributed by atoms with E-state index in [-0.39, 0.29) is 0 Å². The summed E-state index contributed by atoms with van der Waals surface area (Å²) in [6, 6.07) is 23.5. The van der Waals surface area contributed by atoms with E-state index in [1.807, 2.05) is 22.7 Å². The van der Waals surface area contributed by atoms with Crippen molar-refractivity contribution in [3.63, 3.8) is 0 Å². The van der Waals surface area contributed by atoms with E-state index in [1.54, 1.807) is 11.3 Å². The van der Waals surface area contributed by atoms with Gasteiger partial charge in [0.05, 0.1) is 38.4 Å². The second-order valence-electron chi connectivity index (χ2n) is 22.4. The third-order valence-corrected chi connectivity index (χ3v) is 20.5. The zero-order valence-electron chi connectivity index (χ0n) is 49.5. The Labute approximate surface area is 496 Å². The molecule has 9 rings (SSSR count). The van der Waals surface area contributed by atoms with Crippen LogP contribution in [-0.4, -0.2) is 58.1 Å². The first-order valence-electron chi connectivity index (χ1n) is 31.6. The van der Waals surface area contributed by atoms with Crippen molar-refractivity contribution in [1.82, 2.24) is 18.7 Å². The Kier molecular flexibility index (Phi) is 23.4. The van der Waals surface area contributed by atoms with E-state index in [4.69, 9.17) is 28.2 Å². The molecule has 0 amide bonds. The average Bonchev–Trinajstić information content (AvgIpc) is 4.42. The van der Waals surface area contributed by atoms with Crippen molar-refractivity contribution in [3.05, 3.63) is 72.1 Å². The van der Waals surface area contributed by atoms with Gasteiger partial charge < -0.3 is 19.3 Å². The van der Waals surface area contributed by atoms with Crippen molar-refractivity contribution < 1.29 is 9.47 Å². The van der Waals surface area contributed by atoms with Crippen molar-refractivity contribution in [2.45, 2.75) is 208 Å². The molecule has 8 nitrogen and oxygen atoms in total. The standard InChI is InChI=1S/C68H92N6O2S4/c1-7-13-17-21-25-29-41-73(42-30-26-22-18-14-8-2)51-37-33-49(34-38-51)55-47-56-57(77-55)48-58(78-56)59-61-62(70-54(12-6)53(11-5)69-61)60(64-63(59)71-80-72-64)68-66-65(75-45-46-76-66)67(79-68)50-35-39-52(40-36-50)74(43-31-27-23-19-15-9-3)44-32-28-24-20-16-10-4/h33-40,47-48H,7-32,41-46H2,1-6H3. The summed E-state index contributed by atoms with van der Waals surface area (Å²) < 4.78 is 26.1. The quantitative estimate of drug-likeness (QED) is 0.0360. The second-order valence-corrected chi connectivity index (χ2v) is 26.2. The third kappa shape index (κ3) is 14.9. The van der Waals surface area contributed by atoms with Crippen LogP contribution in [0.25, 0.3) is 73.2 Å². The monoisotopic (exact) mass is 1150 g/mol. The molecule has 0 radical (unpaired) electrons. The first-order valence-corrected chi connectivity index (χ1v) is 34.8. The molecular formula is C68H92N6O2S4. The molecule has 6 heterocycles. The largest absolute Gasteiger partial charge is 0.485 e. The first-order chi connectivity index (χ1) is 39.5. The van der Waals surface area contributed by atoms with Crippen LogP contribution >= 0.6 is 45.7 Å². The van der Waals surface area contributed by atoms with Crippen LogP contribution in [0.2, 0.25) is 0 Å². The molecule has 80 heavy (non-hydrogen) atoms. The Balaban J connectivity index is 1.01. The fourth-order valence-electron chi connectivity index (χ4n) is 11.7. The average molecular weight is 1150 g/mol. The molecule has 5 aromatic heterocycles. The summed E-state index contributed by atoms with van der Waals surface area (Å²) in [7, 11) is 0. The van der Waals surface area contributed by atoms with E-state index in [0.717, 1.165) is 115 Å². The van der Waals surface area contributed by atoms with Gasteiger partial charge in [0.1, 0.15) is 35.3 Å². The topological polar surface area (TPSA) is 76.5 Å². The van der Waals surface area contributed by atoms with Crippen LogP contribution in [0.3, 0.4) is 0 Å².